The molecule has 0 aliphatic carbocycles. The highest BCUT2D eigenvalue weighted by molar-refractivity contribution is 6.43. The first-order valence-corrected chi connectivity index (χ1v) is 9.36. The van der Waals surface area contributed by atoms with Crippen LogP contribution in [0.5, 0.6) is 0 Å². The molecule has 1 aliphatic heterocycles. The lowest BCUT2D eigenvalue weighted by atomic mass is 10.2. The normalized spacial score (nSPS) is 14.4. The fraction of sp³-hybridized carbons (Fsp3) is 0.278. The summed E-state index contributed by atoms with van der Waals surface area (Å²) < 4.78 is 6.94. The summed E-state index contributed by atoms with van der Waals surface area (Å²) >= 11 is 12.4. The fourth-order valence-corrected chi connectivity index (χ4v) is 3.32. The predicted octanol–water partition coefficient (Wildman–Crippen LogP) is 3.42. The Labute approximate surface area is 166 Å². The van der Waals surface area contributed by atoms with Crippen LogP contribution in [-0.4, -0.2) is 46.5 Å². The molecule has 2 heterocycles. The molecule has 7 nitrogen and oxygen atoms in total. The van der Waals surface area contributed by atoms with Crippen molar-refractivity contribution in [1.29, 1.82) is 0 Å². The summed E-state index contributed by atoms with van der Waals surface area (Å²) in [6, 6.07) is 13.8. The highest BCUT2D eigenvalue weighted by Gasteiger charge is 2.14. The smallest absolute Gasteiger partial charge is 0.248 e. The van der Waals surface area contributed by atoms with Gasteiger partial charge in [-0.3, -0.25) is 0 Å². The van der Waals surface area contributed by atoms with Crippen LogP contribution in [0.15, 0.2) is 42.5 Å². The van der Waals surface area contributed by atoms with Crippen molar-refractivity contribution in [3.05, 3.63) is 58.1 Å². The van der Waals surface area contributed by atoms with Crippen molar-refractivity contribution in [2.45, 2.75) is 6.54 Å². The number of nitrogens with zero attached hydrogens (tertiary/aromatic N) is 5. The molecule has 0 radical (unpaired) electrons. The fourth-order valence-electron chi connectivity index (χ4n) is 2.94. The molecule has 3 aromatic rings. The minimum absolute atomic E-state index is 0.407. The first-order chi connectivity index (χ1) is 13.2. The van der Waals surface area contributed by atoms with Crippen molar-refractivity contribution in [3.8, 4) is 5.69 Å². The molecule has 0 bridgehead atoms. The van der Waals surface area contributed by atoms with Crippen LogP contribution in [0.4, 0.5) is 11.6 Å². The van der Waals surface area contributed by atoms with Gasteiger partial charge < -0.3 is 15.0 Å². The van der Waals surface area contributed by atoms with Crippen molar-refractivity contribution in [2.75, 3.05) is 36.5 Å². The van der Waals surface area contributed by atoms with Crippen LogP contribution in [0.25, 0.3) is 5.69 Å². The maximum Gasteiger partial charge on any atom is 0.248 e. The summed E-state index contributed by atoms with van der Waals surface area (Å²) in [5, 5.41) is 15.9. The Kier molecular flexibility index (Phi) is 5.42. The lowest BCUT2D eigenvalue weighted by Gasteiger charge is -2.28. The number of ether oxygens (including phenoxy) is 1. The van der Waals surface area contributed by atoms with Crippen LogP contribution in [0.3, 0.4) is 0 Å². The lowest BCUT2D eigenvalue weighted by Crippen LogP contribution is -2.36. The summed E-state index contributed by atoms with van der Waals surface area (Å²) in [6.07, 6.45) is 0. The Hall–Kier alpha value is -2.35. The van der Waals surface area contributed by atoms with E-state index >= 15 is 0 Å². The van der Waals surface area contributed by atoms with Gasteiger partial charge >= 0.3 is 0 Å². The van der Waals surface area contributed by atoms with E-state index in [0.29, 0.717) is 28.2 Å². The van der Waals surface area contributed by atoms with E-state index in [2.05, 4.69) is 50.0 Å². The molecule has 0 spiro atoms. The van der Waals surface area contributed by atoms with Crippen molar-refractivity contribution in [3.63, 3.8) is 0 Å². The molecule has 1 saturated heterocycles. The molecular formula is C18H18Cl2N6O. The SMILES string of the molecule is Clc1cccc(-n2nnnc2NCc2ccc(N3CCOCC3)cc2)c1Cl. The standard InChI is InChI=1S/C18H18Cl2N6O/c19-15-2-1-3-16(17(15)20)26-18(22-23-24-26)21-12-13-4-6-14(7-5-13)25-8-10-27-11-9-25/h1-7H,8-12H2,(H,21,22,24). The van der Waals surface area contributed by atoms with E-state index in [9.17, 15) is 0 Å². The molecular weight excluding hydrogens is 387 g/mol. The minimum atomic E-state index is 0.407. The van der Waals surface area contributed by atoms with Crippen LogP contribution in [0.2, 0.25) is 10.0 Å². The predicted molar refractivity (Wildman–Crippen MR) is 106 cm³/mol. The molecule has 1 aliphatic rings. The second-order valence-electron chi connectivity index (χ2n) is 6.11. The van der Waals surface area contributed by atoms with Gasteiger partial charge in [-0.2, -0.15) is 4.68 Å². The van der Waals surface area contributed by atoms with E-state index in [1.54, 1.807) is 12.1 Å². The summed E-state index contributed by atoms with van der Waals surface area (Å²) in [5.41, 5.74) is 2.95. The summed E-state index contributed by atoms with van der Waals surface area (Å²) in [7, 11) is 0. The highest BCUT2D eigenvalue weighted by atomic mass is 35.5. The van der Waals surface area contributed by atoms with Gasteiger partial charge in [0.25, 0.3) is 0 Å². The van der Waals surface area contributed by atoms with Gasteiger partial charge in [0.15, 0.2) is 0 Å². The number of tetrazole rings is 1. The Balaban J connectivity index is 1.45. The third kappa shape index (κ3) is 4.00. The first-order valence-electron chi connectivity index (χ1n) is 8.60. The molecule has 1 aromatic heterocycles. The van der Waals surface area contributed by atoms with Gasteiger partial charge in [-0.1, -0.05) is 46.5 Å². The van der Waals surface area contributed by atoms with Crippen molar-refractivity contribution in [2.24, 2.45) is 0 Å². The Morgan fingerprint density at radius 2 is 1.81 bits per heavy atom. The van der Waals surface area contributed by atoms with Gasteiger partial charge in [-0.15, -0.1) is 0 Å². The average Bonchev–Trinajstić information content (AvgIpc) is 3.18. The molecule has 0 saturated carbocycles. The number of benzene rings is 2. The molecule has 1 fully saturated rings. The van der Waals surface area contributed by atoms with Crippen LogP contribution in [-0.2, 0) is 11.3 Å². The van der Waals surface area contributed by atoms with Crippen LogP contribution < -0.4 is 10.2 Å². The third-order valence-corrected chi connectivity index (χ3v) is 5.20. The zero-order valence-corrected chi connectivity index (χ0v) is 16.0. The molecule has 140 valence electrons. The van der Waals surface area contributed by atoms with Gasteiger partial charge in [-0.05, 0) is 40.3 Å². The van der Waals surface area contributed by atoms with Crippen molar-refractivity contribution >= 4 is 34.8 Å². The number of rotatable bonds is 5. The van der Waals surface area contributed by atoms with Crippen molar-refractivity contribution in [1.82, 2.24) is 20.2 Å². The molecule has 9 heteroatoms. The molecule has 2 aromatic carbocycles. The number of hydrogen-bond donors (Lipinski definition) is 1. The summed E-state index contributed by atoms with van der Waals surface area (Å²) in [5.74, 6) is 0.497. The van der Waals surface area contributed by atoms with Crippen LogP contribution >= 0.6 is 23.2 Å². The summed E-state index contributed by atoms with van der Waals surface area (Å²) in [6.45, 7) is 3.98. The second kappa shape index (κ2) is 8.12. The number of aromatic nitrogens is 4. The number of morpholine rings is 1. The Morgan fingerprint density at radius 1 is 1.04 bits per heavy atom. The number of hydrogen-bond acceptors (Lipinski definition) is 6. The average molecular weight is 405 g/mol. The van der Waals surface area contributed by atoms with Gasteiger partial charge in [0.2, 0.25) is 5.95 Å². The zero-order valence-electron chi connectivity index (χ0n) is 14.5. The number of nitrogens with one attached hydrogen (secondary N) is 1. The van der Waals surface area contributed by atoms with Crippen LogP contribution in [0.1, 0.15) is 5.56 Å². The lowest BCUT2D eigenvalue weighted by molar-refractivity contribution is 0.122. The van der Waals surface area contributed by atoms with E-state index in [4.69, 9.17) is 27.9 Å². The topological polar surface area (TPSA) is 68.1 Å². The van der Waals surface area contributed by atoms with E-state index < -0.39 is 0 Å². The first kappa shape index (κ1) is 18.0. The van der Waals surface area contributed by atoms with Crippen molar-refractivity contribution < 1.29 is 4.74 Å². The third-order valence-electron chi connectivity index (χ3n) is 4.39. The largest absolute Gasteiger partial charge is 0.378 e. The van der Waals surface area contributed by atoms with E-state index in [1.807, 2.05) is 6.07 Å². The highest BCUT2D eigenvalue weighted by Crippen LogP contribution is 2.29. The van der Waals surface area contributed by atoms with Gasteiger partial charge in [0.05, 0.1) is 28.9 Å². The van der Waals surface area contributed by atoms with Crippen LogP contribution in [0, 0.1) is 0 Å². The van der Waals surface area contributed by atoms with Gasteiger partial charge in [-0.25, -0.2) is 0 Å². The monoisotopic (exact) mass is 404 g/mol. The maximum absolute atomic E-state index is 6.28. The van der Waals surface area contributed by atoms with Gasteiger partial charge in [0.1, 0.15) is 0 Å². The summed E-state index contributed by atoms with van der Waals surface area (Å²) in [4.78, 5) is 2.32. The molecule has 27 heavy (non-hydrogen) atoms. The number of halogens is 2. The van der Waals surface area contributed by atoms with E-state index in [1.165, 1.54) is 10.4 Å². The zero-order chi connectivity index (χ0) is 18.6. The minimum Gasteiger partial charge on any atom is -0.378 e. The molecule has 0 atom stereocenters. The second-order valence-corrected chi connectivity index (χ2v) is 6.89. The molecule has 4 rings (SSSR count). The number of anilines is 2. The Bertz CT molecular complexity index is 908. The molecule has 1 N–H and O–H groups in total. The maximum atomic E-state index is 6.28. The molecule has 0 unspecified atom stereocenters. The van der Waals surface area contributed by atoms with Gasteiger partial charge in [0, 0.05) is 25.3 Å². The molecule has 0 amide bonds. The Morgan fingerprint density at radius 3 is 2.59 bits per heavy atom. The quantitative estimate of drug-likeness (QED) is 0.702. The van der Waals surface area contributed by atoms with E-state index in [-0.39, 0.29) is 0 Å². The van der Waals surface area contributed by atoms with E-state index in [0.717, 1.165) is 31.9 Å².